The highest BCUT2D eigenvalue weighted by Gasteiger charge is 2.30. The molecule has 1 fully saturated rings. The summed E-state index contributed by atoms with van der Waals surface area (Å²) in [6.07, 6.45) is 2.15. The molecule has 3 amide bonds. The SMILES string of the molecule is NCCC(=O)N[C@H](Cc1ccc(Cl)cc1Cl)C(=O)N1CCN(c2ncccc2CNC(=O)Cc2ccc(F)cc2)CC1. The molecule has 0 spiro atoms. The first kappa shape index (κ1) is 31.2. The fourth-order valence-electron chi connectivity index (χ4n) is 4.76. The summed E-state index contributed by atoms with van der Waals surface area (Å²) in [5.41, 5.74) is 7.80. The Labute approximate surface area is 254 Å². The lowest BCUT2D eigenvalue weighted by Gasteiger charge is -2.37. The van der Waals surface area contributed by atoms with E-state index in [1.165, 1.54) is 12.1 Å². The van der Waals surface area contributed by atoms with Crippen molar-refractivity contribution >= 4 is 46.7 Å². The van der Waals surface area contributed by atoms with E-state index < -0.39 is 6.04 Å². The Morgan fingerprint density at radius 1 is 0.976 bits per heavy atom. The van der Waals surface area contributed by atoms with Gasteiger partial charge in [0.15, 0.2) is 0 Å². The van der Waals surface area contributed by atoms with Crippen LogP contribution in [0, 0.1) is 5.82 Å². The Kier molecular flexibility index (Phi) is 11.1. The summed E-state index contributed by atoms with van der Waals surface area (Å²) in [5, 5.41) is 6.63. The number of hydrogen-bond acceptors (Lipinski definition) is 6. The number of aromatic nitrogens is 1. The highest BCUT2D eigenvalue weighted by atomic mass is 35.5. The van der Waals surface area contributed by atoms with Gasteiger partial charge in [0, 0.05) is 73.9 Å². The number of carbonyl (C=O) groups is 3. The number of hydrogen-bond donors (Lipinski definition) is 3. The lowest BCUT2D eigenvalue weighted by atomic mass is 10.0. The second-order valence-electron chi connectivity index (χ2n) is 9.98. The Balaban J connectivity index is 1.37. The molecule has 0 bridgehead atoms. The normalized spacial score (nSPS) is 13.9. The maximum atomic E-state index is 13.6. The van der Waals surface area contributed by atoms with E-state index in [1.54, 1.807) is 47.5 Å². The third-order valence-electron chi connectivity index (χ3n) is 6.96. The van der Waals surface area contributed by atoms with E-state index in [9.17, 15) is 18.8 Å². The Bertz CT molecular complexity index is 1400. The van der Waals surface area contributed by atoms with Crippen LogP contribution in [0.3, 0.4) is 0 Å². The van der Waals surface area contributed by atoms with Gasteiger partial charge in [0.2, 0.25) is 17.7 Å². The van der Waals surface area contributed by atoms with Gasteiger partial charge < -0.3 is 26.2 Å². The predicted octanol–water partition coefficient (Wildman–Crippen LogP) is 3.11. The van der Waals surface area contributed by atoms with Crippen LogP contribution in [-0.4, -0.2) is 66.4 Å². The van der Waals surface area contributed by atoms with E-state index in [1.807, 2.05) is 6.07 Å². The van der Waals surface area contributed by atoms with Crippen molar-refractivity contribution in [3.8, 4) is 0 Å². The fraction of sp³-hybridized carbons (Fsp3) is 0.333. The highest BCUT2D eigenvalue weighted by molar-refractivity contribution is 6.35. The van der Waals surface area contributed by atoms with Gasteiger partial charge in [-0.05, 0) is 41.5 Å². The number of nitrogens with two attached hydrogens (primary N) is 1. The lowest BCUT2D eigenvalue weighted by molar-refractivity contribution is -0.136. The molecule has 12 heteroatoms. The minimum Gasteiger partial charge on any atom is -0.353 e. The van der Waals surface area contributed by atoms with E-state index in [0.717, 1.165) is 16.9 Å². The average Bonchev–Trinajstić information content (AvgIpc) is 2.98. The number of halogens is 3. The first-order valence-electron chi connectivity index (χ1n) is 13.7. The van der Waals surface area contributed by atoms with E-state index in [-0.39, 0.29) is 55.9 Å². The third-order valence-corrected chi connectivity index (χ3v) is 7.54. The molecule has 0 unspecified atom stereocenters. The molecule has 4 rings (SSSR count). The minimum absolute atomic E-state index is 0.106. The quantitative estimate of drug-likeness (QED) is 0.305. The minimum atomic E-state index is -0.809. The van der Waals surface area contributed by atoms with Crippen LogP contribution >= 0.6 is 23.2 Å². The smallest absolute Gasteiger partial charge is 0.245 e. The molecule has 2 heterocycles. The number of rotatable bonds is 11. The summed E-state index contributed by atoms with van der Waals surface area (Å²) in [7, 11) is 0. The van der Waals surface area contributed by atoms with Crippen LogP contribution in [-0.2, 0) is 33.8 Å². The van der Waals surface area contributed by atoms with E-state index in [2.05, 4.69) is 20.5 Å². The molecule has 1 aromatic heterocycles. The van der Waals surface area contributed by atoms with Gasteiger partial charge in [0.05, 0.1) is 6.42 Å². The number of piperazine rings is 1. The molecule has 1 saturated heterocycles. The Morgan fingerprint density at radius 3 is 2.40 bits per heavy atom. The predicted molar refractivity (Wildman–Crippen MR) is 161 cm³/mol. The van der Waals surface area contributed by atoms with Crippen LogP contribution < -0.4 is 21.3 Å². The summed E-state index contributed by atoms with van der Waals surface area (Å²) < 4.78 is 13.2. The monoisotopic (exact) mass is 614 g/mol. The van der Waals surface area contributed by atoms with Gasteiger partial charge in [0.25, 0.3) is 0 Å². The summed E-state index contributed by atoms with van der Waals surface area (Å²) >= 11 is 12.4. The van der Waals surface area contributed by atoms with E-state index in [0.29, 0.717) is 41.8 Å². The molecule has 9 nitrogen and oxygen atoms in total. The molecule has 0 aliphatic carbocycles. The number of pyridine rings is 1. The van der Waals surface area contributed by atoms with Crippen LogP contribution in [0.2, 0.25) is 10.0 Å². The topological polar surface area (TPSA) is 121 Å². The maximum Gasteiger partial charge on any atom is 0.245 e. The maximum absolute atomic E-state index is 13.6. The van der Waals surface area contributed by atoms with Gasteiger partial charge in [-0.2, -0.15) is 0 Å². The number of nitrogens with one attached hydrogen (secondary N) is 2. The molecule has 2 aromatic carbocycles. The summed E-state index contributed by atoms with van der Waals surface area (Å²) in [6, 6.07) is 13.8. The molecule has 0 radical (unpaired) electrons. The second kappa shape index (κ2) is 14.9. The first-order valence-corrected chi connectivity index (χ1v) is 14.4. The van der Waals surface area contributed by atoms with Gasteiger partial charge in [-0.25, -0.2) is 9.37 Å². The zero-order valence-corrected chi connectivity index (χ0v) is 24.5. The van der Waals surface area contributed by atoms with Crippen molar-refractivity contribution in [3.05, 3.63) is 93.3 Å². The van der Waals surface area contributed by atoms with Crippen LogP contribution in [0.15, 0.2) is 60.8 Å². The van der Waals surface area contributed by atoms with Crippen LogP contribution in [0.4, 0.5) is 10.2 Å². The van der Waals surface area contributed by atoms with Crippen LogP contribution in [0.1, 0.15) is 23.1 Å². The standard InChI is InChI=1S/C30H33Cl2FN6O3/c31-23-6-5-21(25(32)18-23)17-26(37-27(40)9-10-34)30(42)39-14-12-38(13-15-39)29-22(2-1-11-35-29)19-36-28(41)16-20-3-7-24(33)8-4-20/h1-8,11,18,26H,9-10,12-17,19,34H2,(H,36,41)(H,37,40)/t26-/m1/s1. The fourth-order valence-corrected chi connectivity index (χ4v) is 5.25. The molecule has 4 N–H and O–H groups in total. The zero-order valence-electron chi connectivity index (χ0n) is 23.0. The summed E-state index contributed by atoms with van der Waals surface area (Å²) in [5.74, 6) is -0.318. The Hall–Kier alpha value is -3.73. The lowest BCUT2D eigenvalue weighted by Crippen LogP contribution is -2.56. The summed E-state index contributed by atoms with van der Waals surface area (Å²) in [4.78, 5) is 46.8. The molecule has 42 heavy (non-hydrogen) atoms. The van der Waals surface area contributed by atoms with E-state index >= 15 is 0 Å². The van der Waals surface area contributed by atoms with Crippen molar-refractivity contribution in [3.63, 3.8) is 0 Å². The van der Waals surface area contributed by atoms with Crippen molar-refractivity contribution < 1.29 is 18.8 Å². The summed E-state index contributed by atoms with van der Waals surface area (Å²) in [6.45, 7) is 2.33. The molecule has 1 aliphatic heterocycles. The molecule has 0 saturated carbocycles. The average molecular weight is 616 g/mol. The molecule has 3 aromatic rings. The van der Waals surface area contributed by atoms with E-state index in [4.69, 9.17) is 28.9 Å². The van der Waals surface area contributed by atoms with Gasteiger partial charge in [0.1, 0.15) is 17.7 Å². The molecular formula is C30H33Cl2FN6O3. The van der Waals surface area contributed by atoms with Crippen LogP contribution in [0.25, 0.3) is 0 Å². The van der Waals surface area contributed by atoms with Crippen molar-refractivity contribution in [1.82, 2.24) is 20.5 Å². The van der Waals surface area contributed by atoms with Crippen molar-refractivity contribution in [2.45, 2.75) is 31.8 Å². The van der Waals surface area contributed by atoms with Gasteiger partial charge in [-0.1, -0.05) is 47.5 Å². The number of anilines is 1. The number of carbonyl (C=O) groups excluding carboxylic acids is 3. The molecule has 1 aliphatic rings. The van der Waals surface area contributed by atoms with Crippen LogP contribution in [0.5, 0.6) is 0 Å². The number of benzene rings is 2. The zero-order chi connectivity index (χ0) is 30.1. The first-order chi connectivity index (χ1) is 20.2. The second-order valence-corrected chi connectivity index (χ2v) is 10.8. The highest BCUT2D eigenvalue weighted by Crippen LogP contribution is 2.24. The van der Waals surface area contributed by atoms with Gasteiger partial charge in [-0.15, -0.1) is 0 Å². The van der Waals surface area contributed by atoms with Crippen molar-refractivity contribution in [1.29, 1.82) is 0 Å². The molecule has 222 valence electrons. The molecular weight excluding hydrogens is 582 g/mol. The number of nitrogens with zero attached hydrogens (tertiary/aromatic N) is 3. The van der Waals surface area contributed by atoms with Crippen molar-refractivity contribution in [2.24, 2.45) is 5.73 Å². The Morgan fingerprint density at radius 2 is 1.71 bits per heavy atom. The molecule has 1 atom stereocenters. The number of amides is 3. The van der Waals surface area contributed by atoms with Gasteiger partial charge >= 0.3 is 0 Å². The third kappa shape index (κ3) is 8.64. The van der Waals surface area contributed by atoms with Crippen molar-refractivity contribution in [2.75, 3.05) is 37.6 Å². The van der Waals surface area contributed by atoms with Gasteiger partial charge in [-0.3, -0.25) is 14.4 Å². The largest absolute Gasteiger partial charge is 0.353 e.